The van der Waals surface area contributed by atoms with Crippen LogP contribution in [0.25, 0.3) is 0 Å². The summed E-state index contributed by atoms with van der Waals surface area (Å²) in [6.45, 7) is 2.79. The fourth-order valence-electron chi connectivity index (χ4n) is 3.42. The second-order valence-corrected chi connectivity index (χ2v) is 6.78. The number of hydrogen-bond donors (Lipinski definition) is 0. The normalized spacial score (nSPS) is 14.9. The van der Waals surface area contributed by atoms with Crippen LogP contribution in [-0.2, 0) is 16.1 Å². The van der Waals surface area contributed by atoms with Gasteiger partial charge < -0.3 is 19.0 Å². The van der Waals surface area contributed by atoms with Crippen molar-refractivity contribution in [2.45, 2.75) is 19.4 Å². The highest BCUT2D eigenvalue weighted by molar-refractivity contribution is 5.91. The second-order valence-electron chi connectivity index (χ2n) is 6.78. The molecule has 0 atom stereocenters. The number of amides is 2. The molecule has 0 N–H and O–H groups in total. The highest BCUT2D eigenvalue weighted by atomic mass is 16.5. The Bertz CT molecular complexity index is 722. The molecule has 6 heteroatoms. The molecule has 3 rings (SSSR count). The third kappa shape index (κ3) is 4.98. The molecular formula is C21H26N2O4. The summed E-state index contributed by atoms with van der Waals surface area (Å²) in [5, 5.41) is 0. The molecule has 1 aliphatic rings. The third-order valence-corrected chi connectivity index (χ3v) is 4.96. The Hall–Kier alpha value is -2.60. The van der Waals surface area contributed by atoms with Gasteiger partial charge in [-0.1, -0.05) is 30.3 Å². The number of rotatable bonds is 7. The molecule has 0 radical (unpaired) electrons. The first kappa shape index (κ1) is 19.2. The van der Waals surface area contributed by atoms with Gasteiger partial charge in [-0.25, -0.2) is 0 Å². The van der Waals surface area contributed by atoms with Crippen LogP contribution in [0.3, 0.4) is 0 Å². The van der Waals surface area contributed by atoms with Gasteiger partial charge in [0.2, 0.25) is 5.91 Å². The first-order valence-electron chi connectivity index (χ1n) is 9.33. The van der Waals surface area contributed by atoms with E-state index in [1.165, 1.54) is 6.26 Å². The van der Waals surface area contributed by atoms with E-state index in [1.54, 1.807) is 24.1 Å². The van der Waals surface area contributed by atoms with Crippen LogP contribution >= 0.6 is 0 Å². The fourth-order valence-corrected chi connectivity index (χ4v) is 3.42. The van der Waals surface area contributed by atoms with Crippen LogP contribution < -0.4 is 0 Å². The van der Waals surface area contributed by atoms with Crippen molar-refractivity contribution in [1.82, 2.24) is 9.80 Å². The molecule has 2 aromatic rings. The maximum absolute atomic E-state index is 13.1. The van der Waals surface area contributed by atoms with Crippen LogP contribution in [0.2, 0.25) is 0 Å². The molecule has 1 fully saturated rings. The molecule has 144 valence electrons. The quantitative estimate of drug-likeness (QED) is 0.752. The van der Waals surface area contributed by atoms with Gasteiger partial charge in [-0.2, -0.15) is 0 Å². The molecule has 0 bridgehead atoms. The van der Waals surface area contributed by atoms with E-state index in [0.29, 0.717) is 51.4 Å². The van der Waals surface area contributed by atoms with E-state index in [1.807, 2.05) is 35.2 Å². The summed E-state index contributed by atoms with van der Waals surface area (Å²) in [6.07, 6.45) is 2.84. The molecule has 1 aliphatic heterocycles. The topological polar surface area (TPSA) is 63.0 Å². The molecule has 27 heavy (non-hydrogen) atoms. The van der Waals surface area contributed by atoms with Crippen molar-refractivity contribution < 1.29 is 18.7 Å². The summed E-state index contributed by atoms with van der Waals surface area (Å²) < 4.78 is 10.4. The standard InChI is InChI=1S/C21H26N2O4/c1-26-15-13-23(16-17-6-3-2-4-7-17)20(24)18-9-11-22(12-10-18)21(25)19-8-5-14-27-19/h2-8,14,18H,9-13,15-16H2,1H3. The van der Waals surface area contributed by atoms with E-state index in [2.05, 4.69) is 0 Å². The first-order valence-corrected chi connectivity index (χ1v) is 9.33. The number of benzene rings is 1. The Labute approximate surface area is 159 Å². The predicted molar refractivity (Wildman–Crippen MR) is 101 cm³/mol. The third-order valence-electron chi connectivity index (χ3n) is 4.96. The van der Waals surface area contributed by atoms with Crippen molar-refractivity contribution in [3.63, 3.8) is 0 Å². The van der Waals surface area contributed by atoms with E-state index >= 15 is 0 Å². The van der Waals surface area contributed by atoms with E-state index in [9.17, 15) is 9.59 Å². The van der Waals surface area contributed by atoms with Gasteiger partial charge in [0.05, 0.1) is 12.9 Å². The van der Waals surface area contributed by atoms with E-state index < -0.39 is 0 Å². The van der Waals surface area contributed by atoms with Crippen LogP contribution in [0.4, 0.5) is 0 Å². The number of carbonyl (C=O) groups excluding carboxylic acids is 2. The smallest absolute Gasteiger partial charge is 0.289 e. The minimum absolute atomic E-state index is 0.0637. The zero-order valence-electron chi connectivity index (χ0n) is 15.7. The SMILES string of the molecule is COCCN(Cc1ccccc1)C(=O)C1CCN(C(=O)c2ccco2)CC1. The second kappa shape index (κ2) is 9.37. The minimum Gasteiger partial charge on any atom is -0.459 e. The molecular weight excluding hydrogens is 344 g/mol. The molecule has 0 spiro atoms. The van der Waals surface area contributed by atoms with Crippen molar-refractivity contribution in [2.75, 3.05) is 33.4 Å². The van der Waals surface area contributed by atoms with E-state index in [4.69, 9.17) is 9.15 Å². The number of ether oxygens (including phenoxy) is 1. The largest absolute Gasteiger partial charge is 0.459 e. The Kier molecular flexibility index (Phi) is 6.65. The highest BCUT2D eigenvalue weighted by Crippen LogP contribution is 2.22. The minimum atomic E-state index is -0.105. The summed E-state index contributed by atoms with van der Waals surface area (Å²) >= 11 is 0. The van der Waals surface area contributed by atoms with Gasteiger partial charge >= 0.3 is 0 Å². The monoisotopic (exact) mass is 370 g/mol. The predicted octanol–water partition coefficient (Wildman–Crippen LogP) is 2.81. The zero-order valence-corrected chi connectivity index (χ0v) is 15.7. The van der Waals surface area contributed by atoms with Gasteiger partial charge in [-0.05, 0) is 30.5 Å². The number of furan rings is 1. The molecule has 2 amide bonds. The summed E-state index contributed by atoms with van der Waals surface area (Å²) in [4.78, 5) is 29.1. The Morgan fingerprint density at radius 1 is 1.15 bits per heavy atom. The number of piperidine rings is 1. The van der Waals surface area contributed by atoms with Crippen LogP contribution in [-0.4, -0.2) is 55.0 Å². The number of methoxy groups -OCH3 is 1. The van der Waals surface area contributed by atoms with Gasteiger partial charge in [0, 0.05) is 39.2 Å². The fraction of sp³-hybridized carbons (Fsp3) is 0.429. The maximum atomic E-state index is 13.1. The lowest BCUT2D eigenvalue weighted by molar-refractivity contribution is -0.138. The summed E-state index contributed by atoms with van der Waals surface area (Å²) in [5.41, 5.74) is 1.10. The molecule has 1 aromatic carbocycles. The summed E-state index contributed by atoms with van der Waals surface area (Å²) in [5.74, 6) is 0.323. The van der Waals surface area contributed by atoms with Crippen LogP contribution in [0.5, 0.6) is 0 Å². The number of carbonyl (C=O) groups is 2. The van der Waals surface area contributed by atoms with Gasteiger partial charge in [-0.3, -0.25) is 9.59 Å². The van der Waals surface area contributed by atoms with E-state index in [-0.39, 0.29) is 17.7 Å². The van der Waals surface area contributed by atoms with Crippen LogP contribution in [0.1, 0.15) is 29.0 Å². The molecule has 2 heterocycles. The summed E-state index contributed by atoms with van der Waals surface area (Å²) in [6, 6.07) is 13.4. The van der Waals surface area contributed by atoms with Gasteiger partial charge in [0.1, 0.15) is 0 Å². The van der Waals surface area contributed by atoms with Crippen LogP contribution in [0.15, 0.2) is 53.1 Å². The van der Waals surface area contributed by atoms with Crippen molar-refractivity contribution >= 4 is 11.8 Å². The average Bonchev–Trinajstić information content (AvgIpc) is 3.26. The highest BCUT2D eigenvalue weighted by Gasteiger charge is 2.31. The summed E-state index contributed by atoms with van der Waals surface area (Å²) in [7, 11) is 1.64. The van der Waals surface area contributed by atoms with Crippen LogP contribution in [0, 0.1) is 5.92 Å². The maximum Gasteiger partial charge on any atom is 0.289 e. The molecule has 1 saturated heterocycles. The molecule has 6 nitrogen and oxygen atoms in total. The molecule has 0 saturated carbocycles. The van der Waals surface area contributed by atoms with Crippen molar-refractivity contribution in [3.8, 4) is 0 Å². The van der Waals surface area contributed by atoms with Crippen molar-refractivity contribution in [1.29, 1.82) is 0 Å². The number of hydrogen-bond acceptors (Lipinski definition) is 4. The van der Waals surface area contributed by atoms with Crippen molar-refractivity contribution in [2.24, 2.45) is 5.92 Å². The lowest BCUT2D eigenvalue weighted by Gasteiger charge is -2.34. The average molecular weight is 370 g/mol. The molecule has 1 aromatic heterocycles. The van der Waals surface area contributed by atoms with Gasteiger partial charge in [0.15, 0.2) is 5.76 Å². The number of nitrogens with zero attached hydrogens (tertiary/aromatic N) is 2. The van der Waals surface area contributed by atoms with Crippen molar-refractivity contribution in [3.05, 3.63) is 60.1 Å². The Morgan fingerprint density at radius 2 is 1.89 bits per heavy atom. The Balaban J connectivity index is 1.58. The lowest BCUT2D eigenvalue weighted by Crippen LogP contribution is -2.45. The number of likely N-dealkylation sites (tertiary alicyclic amines) is 1. The van der Waals surface area contributed by atoms with E-state index in [0.717, 1.165) is 5.56 Å². The zero-order chi connectivity index (χ0) is 19.1. The molecule has 0 aliphatic carbocycles. The van der Waals surface area contributed by atoms with Gasteiger partial charge in [-0.15, -0.1) is 0 Å². The first-order chi connectivity index (χ1) is 13.2. The molecule has 0 unspecified atom stereocenters. The Morgan fingerprint density at radius 3 is 2.52 bits per heavy atom. The lowest BCUT2D eigenvalue weighted by atomic mass is 9.94. The van der Waals surface area contributed by atoms with Gasteiger partial charge in [0.25, 0.3) is 5.91 Å².